The topological polar surface area (TPSA) is 38.7 Å². The highest BCUT2D eigenvalue weighted by Crippen LogP contribution is 2.40. The standard InChI is InChI=1S/C17H29ClO3Si/c1-17(2,22(4,5)19)10-6-7-11-21-15-9-8-14(13-18)16(12-15)20-3/h8-9,12,19H,6-7,10-11,13H2,1-5H3. The van der Waals surface area contributed by atoms with E-state index < -0.39 is 8.32 Å². The Bertz CT molecular complexity index is 469. The third-order valence-corrected chi connectivity index (χ3v) is 8.37. The summed E-state index contributed by atoms with van der Waals surface area (Å²) in [5, 5.41) is 0.0399. The van der Waals surface area contributed by atoms with Crippen molar-refractivity contribution in [2.75, 3.05) is 13.7 Å². The number of ether oxygens (including phenoxy) is 2. The van der Waals surface area contributed by atoms with E-state index in [2.05, 4.69) is 13.8 Å². The predicted octanol–water partition coefficient (Wildman–Crippen LogP) is 4.96. The van der Waals surface area contributed by atoms with Crippen LogP contribution in [0.5, 0.6) is 11.5 Å². The number of hydrogen-bond acceptors (Lipinski definition) is 3. The van der Waals surface area contributed by atoms with Crippen molar-refractivity contribution in [2.45, 2.75) is 57.1 Å². The predicted molar refractivity (Wildman–Crippen MR) is 95.6 cm³/mol. The molecule has 0 atom stereocenters. The molecule has 3 nitrogen and oxygen atoms in total. The average molecular weight is 345 g/mol. The van der Waals surface area contributed by atoms with Gasteiger partial charge in [0.25, 0.3) is 0 Å². The van der Waals surface area contributed by atoms with Crippen LogP contribution < -0.4 is 9.47 Å². The maximum Gasteiger partial charge on any atom is 0.188 e. The van der Waals surface area contributed by atoms with Gasteiger partial charge in [-0.25, -0.2) is 0 Å². The smallest absolute Gasteiger partial charge is 0.188 e. The lowest BCUT2D eigenvalue weighted by atomic mass is 10.1. The number of unbranched alkanes of at least 4 members (excludes halogenated alkanes) is 1. The molecule has 1 rings (SSSR count). The summed E-state index contributed by atoms with van der Waals surface area (Å²) in [4.78, 5) is 10.3. The maximum atomic E-state index is 10.3. The third kappa shape index (κ3) is 5.49. The second-order valence-corrected chi connectivity index (χ2v) is 11.6. The first kappa shape index (κ1) is 19.3. The highest BCUT2D eigenvalue weighted by molar-refractivity contribution is 6.72. The number of hydrogen-bond donors (Lipinski definition) is 1. The van der Waals surface area contributed by atoms with Gasteiger partial charge in [0.15, 0.2) is 8.32 Å². The van der Waals surface area contributed by atoms with E-state index in [4.69, 9.17) is 21.1 Å². The number of halogens is 1. The summed E-state index contributed by atoms with van der Waals surface area (Å²) in [7, 11) is -0.465. The molecule has 0 spiro atoms. The Morgan fingerprint density at radius 2 is 1.91 bits per heavy atom. The van der Waals surface area contributed by atoms with Crippen molar-refractivity contribution in [1.29, 1.82) is 0 Å². The number of benzene rings is 1. The molecule has 0 radical (unpaired) electrons. The molecule has 5 heteroatoms. The van der Waals surface area contributed by atoms with Crippen LogP contribution in [0.4, 0.5) is 0 Å². The molecule has 0 aliphatic carbocycles. The number of rotatable bonds is 9. The van der Waals surface area contributed by atoms with Crippen LogP contribution in [0.1, 0.15) is 38.7 Å². The lowest BCUT2D eigenvalue weighted by molar-refractivity contribution is 0.297. The second-order valence-electron chi connectivity index (χ2n) is 6.86. The maximum absolute atomic E-state index is 10.3. The van der Waals surface area contributed by atoms with Gasteiger partial charge in [0.1, 0.15) is 11.5 Å². The number of alkyl halides is 1. The van der Waals surface area contributed by atoms with E-state index in [0.717, 1.165) is 36.3 Å². The molecule has 1 aromatic carbocycles. The monoisotopic (exact) mass is 344 g/mol. The molecule has 22 heavy (non-hydrogen) atoms. The Labute approximate surface area is 140 Å². The van der Waals surface area contributed by atoms with Crippen LogP contribution in [-0.4, -0.2) is 26.8 Å². The van der Waals surface area contributed by atoms with E-state index in [1.807, 2.05) is 31.3 Å². The fourth-order valence-electron chi connectivity index (χ4n) is 2.09. The normalized spacial score (nSPS) is 12.3. The van der Waals surface area contributed by atoms with E-state index in [1.165, 1.54) is 0 Å². The minimum Gasteiger partial charge on any atom is -0.496 e. The van der Waals surface area contributed by atoms with Crippen molar-refractivity contribution in [3.63, 3.8) is 0 Å². The van der Waals surface area contributed by atoms with Gasteiger partial charge in [-0.05, 0) is 43.5 Å². The van der Waals surface area contributed by atoms with Crippen LogP contribution in [0.3, 0.4) is 0 Å². The van der Waals surface area contributed by atoms with E-state index in [9.17, 15) is 4.80 Å². The minimum atomic E-state index is -2.10. The molecule has 0 aliphatic rings. The fourth-order valence-corrected chi connectivity index (χ4v) is 3.10. The van der Waals surface area contributed by atoms with Gasteiger partial charge in [-0.1, -0.05) is 19.9 Å². The van der Waals surface area contributed by atoms with Crippen molar-refractivity contribution in [2.24, 2.45) is 0 Å². The summed E-state index contributed by atoms with van der Waals surface area (Å²) < 4.78 is 11.1. The molecule has 0 aliphatic heterocycles. The van der Waals surface area contributed by atoms with Gasteiger partial charge in [0, 0.05) is 11.6 Å². The zero-order valence-corrected chi connectivity index (χ0v) is 16.2. The van der Waals surface area contributed by atoms with Crippen LogP contribution in [0.2, 0.25) is 18.1 Å². The van der Waals surface area contributed by atoms with Gasteiger partial charge in [-0.2, -0.15) is 0 Å². The van der Waals surface area contributed by atoms with Gasteiger partial charge >= 0.3 is 0 Å². The van der Waals surface area contributed by atoms with Gasteiger partial charge in [-0.3, -0.25) is 0 Å². The summed E-state index contributed by atoms with van der Waals surface area (Å²) in [5.74, 6) is 2.00. The zero-order valence-electron chi connectivity index (χ0n) is 14.4. The lowest BCUT2D eigenvalue weighted by Crippen LogP contribution is -2.38. The average Bonchev–Trinajstić information content (AvgIpc) is 2.45. The molecule has 126 valence electrons. The highest BCUT2D eigenvalue weighted by Gasteiger charge is 2.37. The molecular weight excluding hydrogens is 316 g/mol. The molecule has 0 saturated heterocycles. The molecule has 1 N–H and O–H groups in total. The van der Waals surface area contributed by atoms with E-state index in [0.29, 0.717) is 12.5 Å². The SMILES string of the molecule is COc1cc(OCCCCC(C)(C)[Si](C)(C)O)ccc1CCl. The summed E-state index contributed by atoms with van der Waals surface area (Å²) in [5.41, 5.74) is 0.966. The first-order chi connectivity index (χ1) is 10.2. The lowest BCUT2D eigenvalue weighted by Gasteiger charge is -2.35. The number of methoxy groups -OCH3 is 1. The quantitative estimate of drug-likeness (QED) is 0.391. The van der Waals surface area contributed by atoms with Gasteiger partial charge in [0.05, 0.1) is 19.6 Å². The summed E-state index contributed by atoms with van der Waals surface area (Å²) in [6, 6.07) is 5.74. The van der Waals surface area contributed by atoms with Gasteiger partial charge in [0.2, 0.25) is 0 Å². The Balaban J connectivity index is 2.39. The second kappa shape index (κ2) is 8.23. The van der Waals surface area contributed by atoms with Crippen LogP contribution in [-0.2, 0) is 5.88 Å². The van der Waals surface area contributed by atoms with Crippen molar-refractivity contribution >= 4 is 19.9 Å². The van der Waals surface area contributed by atoms with Crippen LogP contribution in [0.15, 0.2) is 18.2 Å². The molecule has 0 aromatic heterocycles. The molecule has 0 bridgehead atoms. The Hall–Kier alpha value is -0.713. The van der Waals surface area contributed by atoms with Crippen molar-refractivity contribution in [3.8, 4) is 11.5 Å². The summed E-state index contributed by atoms with van der Waals surface area (Å²) in [6.07, 6.45) is 3.06. The van der Waals surface area contributed by atoms with Crippen LogP contribution in [0.25, 0.3) is 0 Å². The van der Waals surface area contributed by atoms with E-state index in [1.54, 1.807) is 7.11 Å². The molecule has 1 aromatic rings. The van der Waals surface area contributed by atoms with Crippen molar-refractivity contribution in [3.05, 3.63) is 23.8 Å². The molecule has 0 fully saturated rings. The Kier molecular flexibility index (Phi) is 7.23. The Morgan fingerprint density at radius 3 is 2.45 bits per heavy atom. The van der Waals surface area contributed by atoms with Crippen molar-refractivity contribution < 1.29 is 14.3 Å². The molecule has 0 unspecified atom stereocenters. The molecule has 0 heterocycles. The first-order valence-corrected chi connectivity index (χ1v) is 11.3. The summed E-state index contributed by atoms with van der Waals surface area (Å²) >= 11 is 5.85. The fraction of sp³-hybridized carbons (Fsp3) is 0.647. The van der Waals surface area contributed by atoms with Crippen molar-refractivity contribution in [1.82, 2.24) is 0 Å². The van der Waals surface area contributed by atoms with Gasteiger partial charge in [-0.15, -0.1) is 11.6 Å². The summed E-state index contributed by atoms with van der Waals surface area (Å²) in [6.45, 7) is 9.01. The third-order valence-electron chi connectivity index (χ3n) is 4.52. The Morgan fingerprint density at radius 1 is 1.23 bits per heavy atom. The minimum absolute atomic E-state index is 0.0399. The molecular formula is C17H29ClO3Si. The van der Waals surface area contributed by atoms with Gasteiger partial charge < -0.3 is 14.3 Å². The van der Waals surface area contributed by atoms with E-state index in [-0.39, 0.29) is 5.04 Å². The van der Waals surface area contributed by atoms with E-state index >= 15 is 0 Å². The highest BCUT2D eigenvalue weighted by atomic mass is 35.5. The molecule has 0 saturated carbocycles. The van der Waals surface area contributed by atoms with Crippen LogP contribution in [0, 0.1) is 0 Å². The first-order valence-electron chi connectivity index (χ1n) is 7.79. The molecule has 0 amide bonds. The largest absolute Gasteiger partial charge is 0.496 e. The van der Waals surface area contributed by atoms with Crippen LogP contribution >= 0.6 is 11.6 Å². The zero-order chi connectivity index (χ0) is 16.8.